The zero-order chi connectivity index (χ0) is 19.1. The molecule has 2 aromatic carbocycles. The standard InChI is InChI=1S/C20H23N3O4/c1-21-20(25)23-19(24)18(15-5-3-2-4-6-15)22-10-9-14-7-8-16-17(13-14)27-12-11-26-16/h2-8,13,18,22H,9-12H2,1H3,(H2,21,23,24,25)/t18-/m0/s1. The number of nitrogens with one attached hydrogen (secondary N) is 3. The van der Waals surface area contributed by atoms with Crippen molar-refractivity contribution in [1.29, 1.82) is 0 Å². The van der Waals surface area contributed by atoms with E-state index in [-0.39, 0.29) is 0 Å². The van der Waals surface area contributed by atoms with Crippen molar-refractivity contribution >= 4 is 11.9 Å². The molecular formula is C20H23N3O4. The van der Waals surface area contributed by atoms with Crippen molar-refractivity contribution in [3.63, 3.8) is 0 Å². The number of hydrogen-bond acceptors (Lipinski definition) is 5. The Morgan fingerprint density at radius 2 is 1.78 bits per heavy atom. The third-order valence-electron chi connectivity index (χ3n) is 4.23. The first kappa shape index (κ1) is 18.7. The highest BCUT2D eigenvalue weighted by atomic mass is 16.6. The van der Waals surface area contributed by atoms with Crippen molar-refractivity contribution in [2.24, 2.45) is 0 Å². The quantitative estimate of drug-likeness (QED) is 0.722. The first-order valence-corrected chi connectivity index (χ1v) is 8.87. The van der Waals surface area contributed by atoms with Crippen molar-refractivity contribution in [1.82, 2.24) is 16.0 Å². The van der Waals surface area contributed by atoms with E-state index in [4.69, 9.17) is 9.47 Å². The van der Waals surface area contributed by atoms with Crippen LogP contribution in [-0.2, 0) is 11.2 Å². The molecule has 0 saturated heterocycles. The van der Waals surface area contributed by atoms with Gasteiger partial charge in [0.05, 0.1) is 0 Å². The van der Waals surface area contributed by atoms with Gasteiger partial charge in [-0.25, -0.2) is 4.79 Å². The number of carbonyl (C=O) groups is 2. The Morgan fingerprint density at radius 3 is 2.52 bits per heavy atom. The lowest BCUT2D eigenvalue weighted by Gasteiger charge is -2.20. The summed E-state index contributed by atoms with van der Waals surface area (Å²) in [5.74, 6) is 1.10. The minimum absolute atomic E-state index is 0.400. The number of fused-ring (bicyclic) bond motifs is 1. The minimum Gasteiger partial charge on any atom is -0.486 e. The molecule has 0 spiro atoms. The molecule has 3 rings (SSSR count). The SMILES string of the molecule is CNC(=O)NC(=O)[C@@H](NCCc1ccc2c(c1)OCCO2)c1ccccc1. The van der Waals surface area contributed by atoms with Crippen molar-refractivity contribution in [2.45, 2.75) is 12.5 Å². The summed E-state index contributed by atoms with van der Waals surface area (Å²) in [4.78, 5) is 24.0. The van der Waals surface area contributed by atoms with Gasteiger partial charge in [0, 0.05) is 13.6 Å². The number of ether oxygens (including phenoxy) is 2. The topological polar surface area (TPSA) is 88.7 Å². The summed E-state index contributed by atoms with van der Waals surface area (Å²) < 4.78 is 11.1. The summed E-state index contributed by atoms with van der Waals surface area (Å²) in [5, 5.41) is 7.95. The average molecular weight is 369 g/mol. The van der Waals surface area contributed by atoms with E-state index >= 15 is 0 Å². The van der Waals surface area contributed by atoms with Crippen LogP contribution in [-0.4, -0.2) is 38.7 Å². The third-order valence-corrected chi connectivity index (χ3v) is 4.23. The second-order valence-electron chi connectivity index (χ2n) is 6.09. The summed E-state index contributed by atoms with van der Waals surface area (Å²) in [6.07, 6.45) is 0.702. The fourth-order valence-corrected chi connectivity index (χ4v) is 2.86. The van der Waals surface area contributed by atoms with Gasteiger partial charge in [-0.1, -0.05) is 36.4 Å². The molecule has 0 radical (unpaired) electrons. The molecule has 0 aromatic heterocycles. The Labute approximate surface area is 158 Å². The maximum absolute atomic E-state index is 12.5. The Bertz CT molecular complexity index is 795. The number of amides is 3. The molecule has 0 bridgehead atoms. The van der Waals surface area contributed by atoms with Gasteiger partial charge in [-0.2, -0.15) is 0 Å². The Morgan fingerprint density at radius 1 is 1.04 bits per heavy atom. The highest BCUT2D eigenvalue weighted by Crippen LogP contribution is 2.30. The molecule has 3 amide bonds. The summed E-state index contributed by atoms with van der Waals surface area (Å²) in [6, 6.07) is 14.0. The fraction of sp³-hybridized carbons (Fsp3) is 0.300. The van der Waals surface area contributed by atoms with E-state index in [0.717, 1.165) is 22.6 Å². The number of carbonyl (C=O) groups excluding carboxylic acids is 2. The predicted molar refractivity (Wildman–Crippen MR) is 101 cm³/mol. The van der Waals surface area contributed by atoms with E-state index in [1.54, 1.807) is 0 Å². The van der Waals surface area contributed by atoms with Gasteiger partial charge in [-0.3, -0.25) is 10.1 Å². The average Bonchev–Trinajstić information content (AvgIpc) is 2.71. The summed E-state index contributed by atoms with van der Waals surface area (Å²) >= 11 is 0. The van der Waals surface area contributed by atoms with E-state index in [2.05, 4.69) is 16.0 Å². The normalized spacial score (nSPS) is 13.5. The first-order valence-electron chi connectivity index (χ1n) is 8.87. The summed E-state index contributed by atoms with van der Waals surface area (Å²) in [6.45, 7) is 1.66. The van der Waals surface area contributed by atoms with Gasteiger partial charge >= 0.3 is 6.03 Å². The zero-order valence-corrected chi connectivity index (χ0v) is 15.2. The van der Waals surface area contributed by atoms with Gasteiger partial charge in [-0.05, 0) is 29.7 Å². The van der Waals surface area contributed by atoms with Gasteiger partial charge in [0.25, 0.3) is 0 Å². The molecule has 1 heterocycles. The first-order chi connectivity index (χ1) is 13.2. The lowest BCUT2D eigenvalue weighted by Crippen LogP contribution is -2.44. The lowest BCUT2D eigenvalue weighted by atomic mass is 10.1. The van der Waals surface area contributed by atoms with Crippen LogP contribution in [0.5, 0.6) is 11.5 Å². The molecule has 7 nitrogen and oxygen atoms in total. The van der Waals surface area contributed by atoms with Crippen molar-refractivity contribution in [2.75, 3.05) is 26.8 Å². The number of rotatable bonds is 6. The molecule has 0 fully saturated rings. The lowest BCUT2D eigenvalue weighted by molar-refractivity contribution is -0.122. The van der Waals surface area contributed by atoms with Crippen LogP contribution < -0.4 is 25.4 Å². The van der Waals surface area contributed by atoms with Crippen LogP contribution in [0.3, 0.4) is 0 Å². The van der Waals surface area contributed by atoms with Crippen molar-refractivity contribution in [3.05, 3.63) is 59.7 Å². The maximum Gasteiger partial charge on any atom is 0.321 e. The fourth-order valence-electron chi connectivity index (χ4n) is 2.86. The van der Waals surface area contributed by atoms with Crippen LogP contribution in [0, 0.1) is 0 Å². The second-order valence-corrected chi connectivity index (χ2v) is 6.09. The third kappa shape index (κ3) is 4.98. The molecule has 0 aliphatic carbocycles. The Kier molecular flexibility index (Phi) is 6.27. The van der Waals surface area contributed by atoms with Gasteiger partial charge in [0.1, 0.15) is 19.3 Å². The molecule has 2 aromatic rings. The molecular weight excluding hydrogens is 346 g/mol. The zero-order valence-electron chi connectivity index (χ0n) is 15.2. The van der Waals surface area contributed by atoms with Crippen molar-refractivity contribution in [3.8, 4) is 11.5 Å². The maximum atomic E-state index is 12.5. The number of urea groups is 1. The van der Waals surface area contributed by atoms with Crippen LogP contribution >= 0.6 is 0 Å². The van der Waals surface area contributed by atoms with Crippen LogP contribution in [0.4, 0.5) is 4.79 Å². The van der Waals surface area contributed by atoms with Gasteiger partial charge in [0.2, 0.25) is 5.91 Å². The molecule has 1 aliphatic heterocycles. The van der Waals surface area contributed by atoms with E-state index in [0.29, 0.717) is 26.2 Å². The molecule has 27 heavy (non-hydrogen) atoms. The largest absolute Gasteiger partial charge is 0.486 e. The predicted octanol–water partition coefficient (Wildman–Crippen LogP) is 1.79. The summed E-state index contributed by atoms with van der Waals surface area (Å²) in [5.41, 5.74) is 1.87. The number of hydrogen-bond donors (Lipinski definition) is 3. The molecule has 3 N–H and O–H groups in total. The molecule has 142 valence electrons. The Balaban J connectivity index is 1.64. The highest BCUT2D eigenvalue weighted by Gasteiger charge is 2.21. The molecule has 1 atom stereocenters. The molecule has 0 saturated carbocycles. The second kappa shape index (κ2) is 9.05. The van der Waals surface area contributed by atoms with E-state index < -0.39 is 18.0 Å². The van der Waals surface area contributed by atoms with Gasteiger partial charge < -0.3 is 20.1 Å². The Hall–Kier alpha value is -3.06. The number of imide groups is 1. The van der Waals surface area contributed by atoms with Crippen LogP contribution in [0.25, 0.3) is 0 Å². The van der Waals surface area contributed by atoms with Gasteiger partial charge in [-0.15, -0.1) is 0 Å². The van der Waals surface area contributed by atoms with Crippen molar-refractivity contribution < 1.29 is 19.1 Å². The monoisotopic (exact) mass is 369 g/mol. The molecule has 7 heteroatoms. The van der Waals surface area contributed by atoms with E-state index in [1.165, 1.54) is 7.05 Å². The summed E-state index contributed by atoms with van der Waals surface area (Å²) in [7, 11) is 1.47. The van der Waals surface area contributed by atoms with E-state index in [1.807, 2.05) is 48.5 Å². The minimum atomic E-state index is -0.624. The van der Waals surface area contributed by atoms with Crippen LogP contribution in [0.2, 0.25) is 0 Å². The molecule has 1 aliphatic rings. The van der Waals surface area contributed by atoms with E-state index in [9.17, 15) is 9.59 Å². The van der Waals surface area contributed by atoms with Gasteiger partial charge in [0.15, 0.2) is 11.5 Å². The smallest absolute Gasteiger partial charge is 0.321 e. The highest BCUT2D eigenvalue weighted by molar-refractivity contribution is 5.97. The van der Waals surface area contributed by atoms with Crippen LogP contribution in [0.1, 0.15) is 17.2 Å². The molecule has 0 unspecified atom stereocenters. The number of benzene rings is 2. The van der Waals surface area contributed by atoms with Crippen LogP contribution in [0.15, 0.2) is 48.5 Å².